The molecular weight excluding hydrogens is 268 g/mol. The van der Waals surface area contributed by atoms with Gasteiger partial charge < -0.3 is 10.2 Å². The predicted molar refractivity (Wildman–Crippen MR) is 73.1 cm³/mol. The molecule has 98 valence electrons. The van der Waals surface area contributed by atoms with Crippen LogP contribution in [0.1, 0.15) is 0 Å². The second kappa shape index (κ2) is 5.40. The second-order valence-corrected chi connectivity index (χ2v) is 4.55. The molecule has 0 aliphatic heterocycles. The van der Waals surface area contributed by atoms with Crippen LogP contribution in [0.15, 0.2) is 35.7 Å². The first-order chi connectivity index (χ1) is 9.06. The molecule has 1 heterocycles. The minimum atomic E-state index is -1.25. The van der Waals surface area contributed by atoms with Crippen molar-refractivity contribution in [2.75, 3.05) is 10.6 Å². The number of hydrogen-bond donors (Lipinski definition) is 4. The van der Waals surface area contributed by atoms with Gasteiger partial charge in [-0.2, -0.15) is 0 Å². The third kappa shape index (κ3) is 3.23. The highest BCUT2D eigenvalue weighted by molar-refractivity contribution is 7.13. The largest absolute Gasteiger partial charge is 0.465 e. The van der Waals surface area contributed by atoms with Crippen molar-refractivity contribution in [2.24, 2.45) is 0 Å². The van der Waals surface area contributed by atoms with Crippen molar-refractivity contribution in [3.63, 3.8) is 0 Å². The van der Waals surface area contributed by atoms with E-state index in [1.54, 1.807) is 12.1 Å². The first-order valence-electron chi connectivity index (χ1n) is 5.24. The van der Waals surface area contributed by atoms with Gasteiger partial charge in [0.05, 0.1) is 11.4 Å². The Balaban J connectivity index is 2.40. The van der Waals surface area contributed by atoms with E-state index in [9.17, 15) is 9.59 Å². The lowest BCUT2D eigenvalue weighted by Crippen LogP contribution is -2.13. The summed E-state index contributed by atoms with van der Waals surface area (Å²) >= 11 is 1.51. The Bertz CT molecular complexity index is 610. The molecule has 6 nitrogen and oxygen atoms in total. The van der Waals surface area contributed by atoms with Gasteiger partial charge in [0.1, 0.15) is 0 Å². The third-order valence-corrected chi connectivity index (χ3v) is 3.23. The van der Waals surface area contributed by atoms with E-state index in [2.05, 4.69) is 10.6 Å². The van der Waals surface area contributed by atoms with Gasteiger partial charge in [-0.15, -0.1) is 11.3 Å². The molecule has 0 saturated heterocycles. The van der Waals surface area contributed by atoms with Gasteiger partial charge in [0.25, 0.3) is 0 Å². The smallest absolute Gasteiger partial charge is 0.409 e. The van der Waals surface area contributed by atoms with Gasteiger partial charge in [0, 0.05) is 4.88 Å². The molecule has 0 spiro atoms. The van der Waals surface area contributed by atoms with Gasteiger partial charge in [0.2, 0.25) is 0 Å². The highest BCUT2D eigenvalue weighted by atomic mass is 32.1. The van der Waals surface area contributed by atoms with E-state index in [0.29, 0.717) is 0 Å². The van der Waals surface area contributed by atoms with Crippen molar-refractivity contribution in [3.8, 4) is 10.4 Å². The molecule has 0 aliphatic rings. The van der Waals surface area contributed by atoms with Crippen LogP contribution in [0.4, 0.5) is 21.0 Å². The number of rotatable bonds is 3. The van der Waals surface area contributed by atoms with Crippen molar-refractivity contribution >= 4 is 34.9 Å². The Morgan fingerprint density at radius 1 is 1.00 bits per heavy atom. The summed E-state index contributed by atoms with van der Waals surface area (Å²) in [6.45, 7) is 0. The average Bonchev–Trinajstić information content (AvgIpc) is 2.83. The van der Waals surface area contributed by atoms with Crippen LogP contribution in [-0.4, -0.2) is 22.4 Å². The second-order valence-electron chi connectivity index (χ2n) is 3.60. The molecule has 0 atom stereocenters. The zero-order valence-corrected chi connectivity index (χ0v) is 10.4. The Morgan fingerprint density at radius 2 is 1.68 bits per heavy atom. The van der Waals surface area contributed by atoms with E-state index in [-0.39, 0.29) is 11.4 Å². The summed E-state index contributed by atoms with van der Waals surface area (Å²) in [5, 5.41) is 23.7. The van der Waals surface area contributed by atoms with Crippen molar-refractivity contribution in [3.05, 3.63) is 35.7 Å². The number of amides is 2. The summed E-state index contributed by atoms with van der Waals surface area (Å²) < 4.78 is 0. The van der Waals surface area contributed by atoms with Crippen LogP contribution < -0.4 is 10.6 Å². The van der Waals surface area contributed by atoms with Crippen LogP contribution in [0.3, 0.4) is 0 Å². The van der Waals surface area contributed by atoms with Crippen molar-refractivity contribution in [1.82, 2.24) is 0 Å². The monoisotopic (exact) mass is 278 g/mol. The predicted octanol–water partition coefficient (Wildman–Crippen LogP) is 3.59. The molecule has 0 fully saturated rings. The van der Waals surface area contributed by atoms with Crippen LogP contribution >= 0.6 is 11.3 Å². The van der Waals surface area contributed by atoms with E-state index >= 15 is 0 Å². The summed E-state index contributed by atoms with van der Waals surface area (Å²) in [5.74, 6) is 0. The lowest BCUT2D eigenvalue weighted by Gasteiger charge is -2.10. The van der Waals surface area contributed by atoms with Crippen molar-refractivity contribution in [1.29, 1.82) is 0 Å². The zero-order valence-electron chi connectivity index (χ0n) is 9.58. The molecular formula is C12H10N2O4S. The summed E-state index contributed by atoms with van der Waals surface area (Å²) in [5.41, 5.74) is 1.20. The molecule has 0 bridgehead atoms. The fraction of sp³-hybridized carbons (Fsp3) is 0. The van der Waals surface area contributed by atoms with Gasteiger partial charge in [0.15, 0.2) is 0 Å². The molecule has 2 rings (SSSR count). The standard InChI is InChI=1S/C12H10N2O4S/c15-11(16)13-8-4-3-7(10-2-1-5-19-10)6-9(8)14-12(17)18/h1-6,13-14H,(H,15,16)(H,17,18). The van der Waals surface area contributed by atoms with Gasteiger partial charge in [-0.3, -0.25) is 10.6 Å². The number of carbonyl (C=O) groups is 2. The minimum Gasteiger partial charge on any atom is -0.465 e. The number of nitrogens with one attached hydrogen (secondary N) is 2. The maximum atomic E-state index is 10.7. The normalized spacial score (nSPS) is 9.89. The van der Waals surface area contributed by atoms with Crippen LogP contribution in [0.5, 0.6) is 0 Å². The zero-order chi connectivity index (χ0) is 13.8. The molecule has 0 saturated carbocycles. The number of carboxylic acid groups (broad SMARTS) is 2. The minimum absolute atomic E-state index is 0.190. The molecule has 7 heteroatoms. The molecule has 4 N–H and O–H groups in total. The summed E-state index contributed by atoms with van der Waals surface area (Å²) in [7, 11) is 0. The molecule has 1 aromatic carbocycles. The Kier molecular flexibility index (Phi) is 3.67. The molecule has 0 radical (unpaired) electrons. The maximum absolute atomic E-state index is 10.7. The van der Waals surface area contributed by atoms with E-state index in [1.165, 1.54) is 17.4 Å². The first-order valence-corrected chi connectivity index (χ1v) is 6.12. The fourth-order valence-corrected chi connectivity index (χ4v) is 2.31. The lowest BCUT2D eigenvalue weighted by atomic mass is 10.1. The quantitative estimate of drug-likeness (QED) is 0.689. The average molecular weight is 278 g/mol. The van der Waals surface area contributed by atoms with Gasteiger partial charge in [-0.25, -0.2) is 9.59 Å². The van der Waals surface area contributed by atoms with Crippen LogP contribution in [0, 0.1) is 0 Å². The Hall–Kier alpha value is -2.54. The summed E-state index contributed by atoms with van der Waals surface area (Å²) in [4.78, 5) is 22.3. The highest BCUT2D eigenvalue weighted by Gasteiger charge is 2.10. The molecule has 2 amide bonds. The lowest BCUT2D eigenvalue weighted by molar-refractivity contribution is 0.208. The fourth-order valence-electron chi connectivity index (χ4n) is 1.58. The number of thiophene rings is 1. The summed E-state index contributed by atoms with van der Waals surface area (Å²) in [6.07, 6.45) is -2.51. The van der Waals surface area contributed by atoms with Crippen LogP contribution in [-0.2, 0) is 0 Å². The third-order valence-electron chi connectivity index (χ3n) is 2.31. The number of anilines is 2. The molecule has 0 aliphatic carbocycles. The van der Waals surface area contributed by atoms with Crippen molar-refractivity contribution in [2.45, 2.75) is 0 Å². The maximum Gasteiger partial charge on any atom is 0.409 e. The number of hydrogen-bond acceptors (Lipinski definition) is 3. The Morgan fingerprint density at radius 3 is 2.26 bits per heavy atom. The van der Waals surface area contributed by atoms with E-state index < -0.39 is 12.2 Å². The Labute approximate surface area is 112 Å². The molecule has 0 unspecified atom stereocenters. The topological polar surface area (TPSA) is 98.7 Å². The number of benzene rings is 1. The molecule has 19 heavy (non-hydrogen) atoms. The highest BCUT2D eigenvalue weighted by Crippen LogP contribution is 2.31. The van der Waals surface area contributed by atoms with E-state index in [0.717, 1.165) is 10.4 Å². The van der Waals surface area contributed by atoms with Gasteiger partial charge in [-0.1, -0.05) is 12.1 Å². The van der Waals surface area contributed by atoms with Gasteiger partial charge >= 0.3 is 12.2 Å². The van der Waals surface area contributed by atoms with Gasteiger partial charge in [-0.05, 0) is 29.1 Å². The molecule has 1 aromatic heterocycles. The van der Waals surface area contributed by atoms with Crippen molar-refractivity contribution < 1.29 is 19.8 Å². The van der Waals surface area contributed by atoms with E-state index in [1.807, 2.05) is 17.5 Å². The first kappa shape index (κ1) is 12.9. The van der Waals surface area contributed by atoms with Crippen LogP contribution in [0.2, 0.25) is 0 Å². The SMILES string of the molecule is O=C(O)Nc1ccc(-c2cccs2)cc1NC(=O)O. The summed E-state index contributed by atoms with van der Waals surface area (Å²) in [6, 6.07) is 8.62. The van der Waals surface area contributed by atoms with E-state index in [4.69, 9.17) is 10.2 Å². The molecule has 2 aromatic rings. The van der Waals surface area contributed by atoms with Crippen LogP contribution in [0.25, 0.3) is 10.4 Å².